The van der Waals surface area contributed by atoms with Crippen molar-refractivity contribution in [3.05, 3.63) is 72.7 Å². The lowest BCUT2D eigenvalue weighted by atomic mass is 9.60. The molecule has 1 saturated heterocycles. The molecule has 7 heteroatoms. The first-order valence-corrected chi connectivity index (χ1v) is 12.0. The van der Waals surface area contributed by atoms with Gasteiger partial charge < -0.3 is 10.6 Å². The second-order valence-electron chi connectivity index (χ2n) is 9.62. The number of anilines is 1. The van der Waals surface area contributed by atoms with Gasteiger partial charge in [-0.3, -0.25) is 4.79 Å². The second-order valence-corrected chi connectivity index (χ2v) is 9.62. The van der Waals surface area contributed by atoms with E-state index in [0.717, 1.165) is 60.8 Å². The Bertz CT molecular complexity index is 1520. The van der Waals surface area contributed by atoms with Crippen LogP contribution in [0.1, 0.15) is 43.0 Å². The number of hydrogen-bond donors (Lipinski definition) is 1. The van der Waals surface area contributed by atoms with E-state index in [0.29, 0.717) is 16.9 Å². The number of carbonyl (C=O) groups is 1. The lowest BCUT2D eigenvalue weighted by molar-refractivity contribution is -0.130. The van der Waals surface area contributed by atoms with Crippen LogP contribution in [-0.4, -0.2) is 43.6 Å². The fourth-order valence-electron chi connectivity index (χ4n) is 5.65. The third kappa shape index (κ3) is 3.62. The van der Waals surface area contributed by atoms with Crippen LogP contribution >= 0.6 is 0 Å². The van der Waals surface area contributed by atoms with Gasteiger partial charge in [0, 0.05) is 18.7 Å². The van der Waals surface area contributed by atoms with E-state index in [4.69, 9.17) is 10.8 Å². The van der Waals surface area contributed by atoms with Crippen LogP contribution in [0.2, 0.25) is 0 Å². The molecule has 2 aromatic carbocycles. The van der Waals surface area contributed by atoms with Crippen molar-refractivity contribution in [3.63, 3.8) is 0 Å². The average molecular weight is 463 g/mol. The first kappa shape index (κ1) is 21.4. The van der Waals surface area contributed by atoms with E-state index in [2.05, 4.69) is 46.6 Å². The Morgan fingerprint density at radius 2 is 1.86 bits per heavy atom. The largest absolute Gasteiger partial charge is 0.383 e. The number of likely N-dealkylation sites (tertiary alicyclic amines) is 1. The van der Waals surface area contributed by atoms with E-state index in [-0.39, 0.29) is 17.4 Å². The molecule has 2 aromatic heterocycles. The highest BCUT2D eigenvalue weighted by molar-refractivity contribution is 5.92. The molecule has 0 bridgehead atoms. The lowest BCUT2D eigenvalue weighted by Crippen LogP contribution is -2.49. The topological polar surface area (TPSA) is 89.9 Å². The molecule has 0 radical (unpaired) electrons. The summed E-state index contributed by atoms with van der Waals surface area (Å²) in [5.74, 6) is 6.99. The van der Waals surface area contributed by atoms with Crippen molar-refractivity contribution in [2.24, 2.45) is 5.41 Å². The number of nitrogen functional groups attached to an aromatic ring is 1. The first-order valence-electron chi connectivity index (χ1n) is 12.0. The van der Waals surface area contributed by atoms with Crippen LogP contribution in [0.3, 0.4) is 0 Å². The van der Waals surface area contributed by atoms with Gasteiger partial charge in [0.05, 0.1) is 11.4 Å². The number of nitrogens with zero attached hydrogens (tertiary/aromatic N) is 5. The van der Waals surface area contributed by atoms with Crippen molar-refractivity contribution in [3.8, 4) is 11.8 Å². The molecule has 2 aliphatic rings. The van der Waals surface area contributed by atoms with Crippen LogP contribution in [0, 0.1) is 17.3 Å². The molecule has 35 heavy (non-hydrogen) atoms. The van der Waals surface area contributed by atoms with Crippen molar-refractivity contribution < 1.29 is 4.79 Å². The second kappa shape index (κ2) is 8.24. The van der Waals surface area contributed by atoms with Gasteiger partial charge in [-0.15, -0.1) is 0 Å². The molecular formula is C28H26N6O. The number of carbonyl (C=O) groups excluding carboxylic acids is 1. The maximum Gasteiger partial charge on any atom is 0.245 e. The van der Waals surface area contributed by atoms with Gasteiger partial charge >= 0.3 is 0 Å². The lowest BCUT2D eigenvalue weighted by Gasteiger charge is -2.52. The Morgan fingerprint density at radius 1 is 1.09 bits per heavy atom. The van der Waals surface area contributed by atoms with Crippen molar-refractivity contribution in [1.29, 1.82) is 0 Å². The minimum atomic E-state index is 0.0235. The van der Waals surface area contributed by atoms with Crippen LogP contribution < -0.4 is 5.73 Å². The molecule has 0 unspecified atom stereocenters. The smallest absolute Gasteiger partial charge is 0.245 e. The number of fused-ring (bicyclic) bond motifs is 2. The summed E-state index contributed by atoms with van der Waals surface area (Å²) >= 11 is 0. The molecular weight excluding hydrogens is 436 g/mol. The zero-order chi connectivity index (χ0) is 24.0. The molecule has 4 aromatic rings. The third-order valence-corrected chi connectivity index (χ3v) is 7.62. The summed E-state index contributed by atoms with van der Waals surface area (Å²) in [6.45, 7) is 5.18. The number of hydrogen-bond acceptors (Lipinski definition) is 5. The van der Waals surface area contributed by atoms with Crippen LogP contribution in [0.4, 0.5) is 5.82 Å². The molecule has 2 fully saturated rings. The monoisotopic (exact) mass is 462 g/mol. The van der Waals surface area contributed by atoms with E-state index in [1.54, 1.807) is 0 Å². The van der Waals surface area contributed by atoms with E-state index < -0.39 is 0 Å². The molecule has 1 aliphatic carbocycles. The van der Waals surface area contributed by atoms with E-state index in [1.807, 2.05) is 33.8 Å². The normalized spacial score (nSPS) is 17.2. The van der Waals surface area contributed by atoms with Gasteiger partial charge in [0.25, 0.3) is 0 Å². The van der Waals surface area contributed by atoms with E-state index >= 15 is 0 Å². The minimum absolute atomic E-state index is 0.0235. The standard InChI is InChI=1S/C28H26N6O/c1-2-24(35)33-14-12-28(13-15-33)16-21(17-28)34-27-25(26(29)30-18-31-27)23(32-34)11-10-20-8-5-7-19-6-3-4-9-22(19)20/h2-9,18,21H,1,12-17H2,(H2,29,30,31). The Kier molecular flexibility index (Phi) is 5.03. The molecule has 174 valence electrons. The van der Waals surface area contributed by atoms with Crippen LogP contribution in [0.25, 0.3) is 21.8 Å². The highest BCUT2D eigenvalue weighted by Crippen LogP contribution is 2.55. The van der Waals surface area contributed by atoms with Gasteiger partial charge in [-0.2, -0.15) is 5.10 Å². The summed E-state index contributed by atoms with van der Waals surface area (Å²) in [5, 5.41) is 7.86. The highest BCUT2D eigenvalue weighted by Gasteiger charge is 2.48. The number of benzene rings is 2. The molecule has 1 saturated carbocycles. The summed E-state index contributed by atoms with van der Waals surface area (Å²) < 4.78 is 1.99. The molecule has 1 aliphatic heterocycles. The Balaban J connectivity index is 1.30. The van der Waals surface area contributed by atoms with Crippen molar-refractivity contribution >= 4 is 33.5 Å². The maximum atomic E-state index is 11.9. The zero-order valence-electron chi connectivity index (χ0n) is 19.4. The van der Waals surface area contributed by atoms with E-state index in [1.165, 1.54) is 12.4 Å². The molecule has 7 nitrogen and oxygen atoms in total. The minimum Gasteiger partial charge on any atom is -0.383 e. The van der Waals surface area contributed by atoms with Gasteiger partial charge in [0.1, 0.15) is 17.8 Å². The number of amides is 1. The molecule has 0 atom stereocenters. The maximum absolute atomic E-state index is 11.9. The van der Waals surface area contributed by atoms with Gasteiger partial charge in [0.2, 0.25) is 5.91 Å². The summed E-state index contributed by atoms with van der Waals surface area (Å²) in [4.78, 5) is 22.6. The van der Waals surface area contributed by atoms with E-state index in [9.17, 15) is 4.79 Å². The molecule has 1 amide bonds. The number of piperidine rings is 1. The molecule has 1 spiro atoms. The summed E-state index contributed by atoms with van der Waals surface area (Å²) in [7, 11) is 0. The number of nitrogens with two attached hydrogens (primary N) is 1. The van der Waals surface area contributed by atoms with Gasteiger partial charge in [-0.25, -0.2) is 14.6 Å². The fourth-order valence-corrected chi connectivity index (χ4v) is 5.65. The van der Waals surface area contributed by atoms with Gasteiger partial charge in [-0.05, 0) is 59.9 Å². The highest BCUT2D eigenvalue weighted by atomic mass is 16.2. The first-order chi connectivity index (χ1) is 17.1. The summed E-state index contributed by atoms with van der Waals surface area (Å²) in [6.07, 6.45) is 6.94. The number of rotatable bonds is 2. The van der Waals surface area contributed by atoms with Gasteiger partial charge in [-0.1, -0.05) is 48.9 Å². The van der Waals surface area contributed by atoms with Crippen molar-refractivity contribution in [2.45, 2.75) is 31.7 Å². The van der Waals surface area contributed by atoms with Crippen LogP contribution in [0.5, 0.6) is 0 Å². The Hall–Kier alpha value is -4.18. The third-order valence-electron chi connectivity index (χ3n) is 7.62. The van der Waals surface area contributed by atoms with Gasteiger partial charge in [0.15, 0.2) is 5.65 Å². The van der Waals surface area contributed by atoms with Crippen LogP contribution in [-0.2, 0) is 4.79 Å². The fraction of sp³-hybridized carbons (Fsp3) is 0.286. The summed E-state index contributed by atoms with van der Waals surface area (Å²) in [5.41, 5.74) is 8.82. The predicted molar refractivity (Wildman–Crippen MR) is 136 cm³/mol. The zero-order valence-corrected chi connectivity index (χ0v) is 19.4. The van der Waals surface area contributed by atoms with Crippen LogP contribution in [0.15, 0.2) is 61.4 Å². The molecule has 2 N–H and O–H groups in total. The molecule has 3 heterocycles. The average Bonchev–Trinajstić information content (AvgIpc) is 3.25. The number of aromatic nitrogens is 4. The quantitative estimate of drug-likeness (QED) is 0.358. The van der Waals surface area contributed by atoms with Crippen molar-refractivity contribution in [2.75, 3.05) is 18.8 Å². The van der Waals surface area contributed by atoms with Crippen molar-refractivity contribution in [1.82, 2.24) is 24.6 Å². The SMILES string of the molecule is C=CC(=O)N1CCC2(CC1)CC(n1nc(C#Cc3cccc4ccccc34)c3c(N)ncnc31)C2. The molecule has 6 rings (SSSR count). The summed E-state index contributed by atoms with van der Waals surface area (Å²) in [6, 6.07) is 14.6. The Labute approximate surface area is 203 Å². The predicted octanol–water partition coefficient (Wildman–Crippen LogP) is 4.09. The Morgan fingerprint density at radius 3 is 2.66 bits per heavy atom.